The Balaban J connectivity index is 1.73. The quantitative estimate of drug-likeness (QED) is 0.531. The number of anilines is 1. The number of rotatable bonds is 2. The van der Waals surface area contributed by atoms with Crippen LogP contribution in [0.4, 0.5) is 14.5 Å². The lowest BCUT2D eigenvalue weighted by molar-refractivity contribution is -0.0672. The van der Waals surface area contributed by atoms with E-state index in [1.165, 1.54) is 33.8 Å². The summed E-state index contributed by atoms with van der Waals surface area (Å²) in [6.07, 6.45) is 6.33. The zero-order chi connectivity index (χ0) is 25.3. The summed E-state index contributed by atoms with van der Waals surface area (Å²) in [5.74, 6) is 5.34. The van der Waals surface area contributed by atoms with Gasteiger partial charge in [0.2, 0.25) is 0 Å². The van der Waals surface area contributed by atoms with Crippen LogP contribution in [0.3, 0.4) is 0 Å². The minimum Gasteiger partial charge on any atom is -0.389 e. The molecular weight excluding hydrogens is 444 g/mol. The van der Waals surface area contributed by atoms with Crippen LogP contribution in [-0.2, 0) is 0 Å². The highest BCUT2D eigenvalue weighted by atomic mass is 19.1. The van der Waals surface area contributed by atoms with E-state index in [9.17, 15) is 10.2 Å². The summed E-state index contributed by atoms with van der Waals surface area (Å²) in [5.41, 5.74) is 2.74. The number of benzene rings is 1. The summed E-state index contributed by atoms with van der Waals surface area (Å²) >= 11 is 0. The third kappa shape index (κ3) is 3.51. The first-order valence-electron chi connectivity index (χ1n) is 13.0. The van der Waals surface area contributed by atoms with Crippen LogP contribution in [-0.4, -0.2) is 36.0 Å². The third-order valence-corrected chi connectivity index (χ3v) is 9.65. The Kier molecular flexibility index (Phi) is 5.93. The van der Waals surface area contributed by atoms with Crippen LogP contribution in [0.1, 0.15) is 70.8 Å². The van der Waals surface area contributed by atoms with Crippen molar-refractivity contribution in [3.8, 4) is 11.8 Å². The van der Waals surface area contributed by atoms with Crippen molar-refractivity contribution in [2.75, 3.05) is 19.0 Å². The first-order valence-corrected chi connectivity index (χ1v) is 13.0. The van der Waals surface area contributed by atoms with E-state index in [0.29, 0.717) is 18.4 Å². The largest absolute Gasteiger partial charge is 0.389 e. The molecule has 0 heterocycles. The molecule has 2 N–H and O–H groups in total. The van der Waals surface area contributed by atoms with Crippen molar-refractivity contribution >= 4 is 5.69 Å². The monoisotopic (exact) mass is 481 g/mol. The Morgan fingerprint density at radius 1 is 1.11 bits per heavy atom. The van der Waals surface area contributed by atoms with E-state index in [2.05, 4.69) is 25.7 Å². The zero-order valence-corrected chi connectivity index (χ0v) is 21.5. The maximum atomic E-state index is 15.2. The van der Waals surface area contributed by atoms with Gasteiger partial charge in [0, 0.05) is 25.4 Å². The summed E-state index contributed by atoms with van der Waals surface area (Å²) in [7, 11) is 3.28. The van der Waals surface area contributed by atoms with Crippen molar-refractivity contribution in [3.63, 3.8) is 0 Å². The van der Waals surface area contributed by atoms with Crippen molar-refractivity contribution in [2.24, 2.45) is 23.2 Å². The van der Waals surface area contributed by atoms with E-state index in [0.717, 1.165) is 25.7 Å². The molecule has 4 aliphatic carbocycles. The van der Waals surface area contributed by atoms with E-state index in [-0.39, 0.29) is 29.4 Å². The Hall–Kier alpha value is -2.16. The summed E-state index contributed by atoms with van der Waals surface area (Å²) in [6, 6.07) is 2.99. The van der Waals surface area contributed by atoms with Gasteiger partial charge in [0.05, 0.1) is 6.10 Å². The summed E-state index contributed by atoms with van der Waals surface area (Å²) in [6.45, 7) is 6.01. The standard InChI is InChI=1S/C30H37F2NO2/c1-6-11-30(35)17(2)12-24-22-9-7-18-13-20(34)8-10-21(18)27(22)23(16-29(24,30)3)19-14-25(31)28(33(4)5)26(32)15-19/h13-15,17,20,22-24,34-35H,7-10,12,16H2,1-5H3/t17-,20?,22+,23-,24+,29+,30+/m1/s1. The predicted octanol–water partition coefficient (Wildman–Crippen LogP) is 5.72. The van der Waals surface area contributed by atoms with Crippen molar-refractivity contribution in [2.45, 2.75) is 76.9 Å². The van der Waals surface area contributed by atoms with Crippen LogP contribution in [0.15, 0.2) is 34.9 Å². The predicted molar refractivity (Wildman–Crippen MR) is 135 cm³/mol. The molecule has 2 fully saturated rings. The fourth-order valence-electron chi connectivity index (χ4n) is 8.08. The van der Waals surface area contributed by atoms with E-state index < -0.39 is 28.8 Å². The molecule has 0 spiro atoms. The van der Waals surface area contributed by atoms with E-state index in [4.69, 9.17) is 0 Å². The number of halogens is 2. The fraction of sp³-hybridized carbons (Fsp3) is 0.600. The molecule has 0 aromatic heterocycles. The van der Waals surface area contributed by atoms with Gasteiger partial charge in [0.1, 0.15) is 22.9 Å². The Bertz CT molecular complexity index is 1150. The first kappa shape index (κ1) is 24.5. The molecule has 0 amide bonds. The van der Waals surface area contributed by atoms with Gasteiger partial charge in [-0.2, -0.15) is 0 Å². The number of hydrogen-bond acceptors (Lipinski definition) is 3. The van der Waals surface area contributed by atoms with Crippen molar-refractivity contribution < 1.29 is 19.0 Å². The van der Waals surface area contributed by atoms with Gasteiger partial charge in [-0.25, -0.2) is 8.78 Å². The molecule has 188 valence electrons. The van der Waals surface area contributed by atoms with E-state index >= 15 is 8.78 Å². The topological polar surface area (TPSA) is 43.7 Å². The molecule has 7 atom stereocenters. The summed E-state index contributed by atoms with van der Waals surface area (Å²) in [5, 5.41) is 22.3. The lowest BCUT2D eigenvalue weighted by atomic mass is 9.51. The highest BCUT2D eigenvalue weighted by Gasteiger charge is 2.65. The molecule has 0 bridgehead atoms. The highest BCUT2D eigenvalue weighted by molar-refractivity contribution is 5.54. The van der Waals surface area contributed by atoms with E-state index in [1.54, 1.807) is 21.0 Å². The molecule has 2 saturated carbocycles. The molecule has 35 heavy (non-hydrogen) atoms. The summed E-state index contributed by atoms with van der Waals surface area (Å²) in [4.78, 5) is 1.47. The lowest BCUT2D eigenvalue weighted by Gasteiger charge is -2.54. The van der Waals surface area contributed by atoms with Crippen LogP contribution < -0.4 is 4.90 Å². The van der Waals surface area contributed by atoms with Gasteiger partial charge in [-0.05, 0) is 92.0 Å². The molecular formula is C30H37F2NO2. The van der Waals surface area contributed by atoms with Gasteiger partial charge in [0.15, 0.2) is 0 Å². The smallest absolute Gasteiger partial charge is 0.149 e. The fourth-order valence-corrected chi connectivity index (χ4v) is 8.08. The molecule has 5 heteroatoms. The van der Waals surface area contributed by atoms with Gasteiger partial charge in [-0.1, -0.05) is 31.4 Å². The van der Waals surface area contributed by atoms with Crippen LogP contribution in [0.5, 0.6) is 0 Å². The normalized spacial score (nSPS) is 38.1. The van der Waals surface area contributed by atoms with E-state index in [1.807, 2.05) is 6.08 Å². The average Bonchev–Trinajstić information content (AvgIpc) is 2.98. The zero-order valence-electron chi connectivity index (χ0n) is 21.5. The van der Waals surface area contributed by atoms with Gasteiger partial charge >= 0.3 is 0 Å². The second-order valence-electron chi connectivity index (χ2n) is 11.7. The van der Waals surface area contributed by atoms with Gasteiger partial charge < -0.3 is 15.1 Å². The second-order valence-corrected chi connectivity index (χ2v) is 11.7. The minimum absolute atomic E-state index is 0.0182. The SMILES string of the molecule is CC#C[C@]1(O)[C@H](C)C[C@H]2[C@@H]3CCC4=CC(O)CCC4=C3[C@@H](c3cc(F)c(N(C)C)c(F)c3)C[C@@]21C. The first-order chi connectivity index (χ1) is 16.5. The average molecular weight is 482 g/mol. The number of hydrogen-bond donors (Lipinski definition) is 2. The van der Waals surface area contributed by atoms with Gasteiger partial charge in [-0.3, -0.25) is 0 Å². The van der Waals surface area contributed by atoms with Crippen LogP contribution in [0.2, 0.25) is 0 Å². The molecule has 1 aromatic rings. The highest BCUT2D eigenvalue weighted by Crippen LogP contribution is 2.68. The molecule has 0 aliphatic heterocycles. The van der Waals surface area contributed by atoms with Crippen LogP contribution >= 0.6 is 0 Å². The number of fused-ring (bicyclic) bond motifs is 4. The van der Waals surface area contributed by atoms with Crippen molar-refractivity contribution in [3.05, 3.63) is 52.1 Å². The van der Waals surface area contributed by atoms with Crippen molar-refractivity contribution in [1.29, 1.82) is 0 Å². The number of aliphatic hydroxyl groups excluding tert-OH is 1. The minimum atomic E-state index is -1.14. The maximum absolute atomic E-state index is 15.2. The maximum Gasteiger partial charge on any atom is 0.149 e. The lowest BCUT2D eigenvalue weighted by Crippen LogP contribution is -2.52. The van der Waals surface area contributed by atoms with Crippen molar-refractivity contribution in [1.82, 2.24) is 0 Å². The second kappa shape index (κ2) is 8.46. The molecule has 1 aromatic carbocycles. The molecule has 1 unspecified atom stereocenters. The van der Waals surface area contributed by atoms with Gasteiger partial charge in [0.25, 0.3) is 0 Å². The van der Waals surface area contributed by atoms with Gasteiger partial charge in [-0.15, -0.1) is 5.92 Å². The molecule has 0 radical (unpaired) electrons. The molecule has 3 nitrogen and oxygen atoms in total. The summed E-state index contributed by atoms with van der Waals surface area (Å²) < 4.78 is 30.4. The number of allylic oxidation sites excluding steroid dienone is 3. The number of aliphatic hydroxyl groups is 2. The third-order valence-electron chi connectivity index (χ3n) is 9.65. The Morgan fingerprint density at radius 3 is 2.43 bits per heavy atom. The molecule has 4 aliphatic rings. The molecule has 0 saturated heterocycles. The number of nitrogens with zero attached hydrogens (tertiary/aromatic N) is 1. The Morgan fingerprint density at radius 2 is 1.80 bits per heavy atom. The molecule has 5 rings (SSSR count). The van der Waals surface area contributed by atoms with Crippen LogP contribution in [0, 0.1) is 46.6 Å². The Labute approximate surface area is 207 Å². The van der Waals surface area contributed by atoms with Crippen LogP contribution in [0.25, 0.3) is 0 Å².